The Hall–Kier alpha value is -2.37. The number of para-hydroxylation sites is 2. The van der Waals surface area contributed by atoms with Gasteiger partial charge in [-0.15, -0.1) is 10.2 Å². The molecule has 3 heterocycles. The molecule has 0 saturated heterocycles. The van der Waals surface area contributed by atoms with Crippen LogP contribution in [0.1, 0.15) is 31.0 Å². The molecule has 1 unspecified atom stereocenters. The third kappa shape index (κ3) is 1.76. The number of benzene rings is 1. The minimum Gasteiger partial charge on any atom is -0.424 e. The summed E-state index contributed by atoms with van der Waals surface area (Å²) in [5.41, 5.74) is 1.64. The van der Waals surface area contributed by atoms with Gasteiger partial charge in [-0.3, -0.25) is 0 Å². The Balaban J connectivity index is 1.61. The molecule has 2 aromatic heterocycles. The van der Waals surface area contributed by atoms with Crippen molar-refractivity contribution >= 4 is 17.1 Å². The summed E-state index contributed by atoms with van der Waals surface area (Å²) in [4.78, 5) is 4.42. The van der Waals surface area contributed by atoms with Gasteiger partial charge in [-0.05, 0) is 25.5 Å². The van der Waals surface area contributed by atoms with Gasteiger partial charge >= 0.3 is 0 Å². The van der Waals surface area contributed by atoms with Gasteiger partial charge in [0.1, 0.15) is 11.3 Å². The zero-order chi connectivity index (χ0) is 13.5. The highest BCUT2D eigenvalue weighted by Crippen LogP contribution is 2.24. The first-order valence-corrected chi connectivity index (χ1v) is 6.85. The molecule has 0 bridgehead atoms. The van der Waals surface area contributed by atoms with Crippen LogP contribution in [0.2, 0.25) is 0 Å². The van der Waals surface area contributed by atoms with Crippen molar-refractivity contribution in [2.75, 3.05) is 5.32 Å². The highest BCUT2D eigenvalue weighted by atomic mass is 16.4. The van der Waals surface area contributed by atoms with Crippen molar-refractivity contribution in [2.24, 2.45) is 0 Å². The zero-order valence-corrected chi connectivity index (χ0v) is 11.2. The van der Waals surface area contributed by atoms with Crippen molar-refractivity contribution in [1.82, 2.24) is 19.7 Å². The number of nitrogens with one attached hydrogen (secondary N) is 1. The van der Waals surface area contributed by atoms with Crippen LogP contribution >= 0.6 is 0 Å². The van der Waals surface area contributed by atoms with Crippen molar-refractivity contribution in [3.63, 3.8) is 0 Å². The van der Waals surface area contributed by atoms with Gasteiger partial charge in [0.25, 0.3) is 6.01 Å². The first-order valence-electron chi connectivity index (χ1n) is 6.85. The van der Waals surface area contributed by atoms with E-state index in [-0.39, 0.29) is 6.04 Å². The molecule has 1 aliphatic heterocycles. The second-order valence-electron chi connectivity index (χ2n) is 5.08. The Bertz CT molecular complexity index is 727. The predicted octanol–water partition coefficient (Wildman–Crippen LogP) is 2.54. The number of fused-ring (bicyclic) bond motifs is 2. The number of oxazole rings is 1. The van der Waals surface area contributed by atoms with E-state index in [0.29, 0.717) is 6.01 Å². The van der Waals surface area contributed by atoms with Crippen LogP contribution in [-0.4, -0.2) is 19.7 Å². The summed E-state index contributed by atoms with van der Waals surface area (Å²) in [6.07, 6.45) is 2.16. The Labute approximate surface area is 115 Å². The summed E-state index contributed by atoms with van der Waals surface area (Å²) < 4.78 is 7.86. The number of nitrogens with zero attached hydrogens (tertiary/aromatic N) is 4. The van der Waals surface area contributed by atoms with Gasteiger partial charge in [-0.2, -0.15) is 4.98 Å². The van der Waals surface area contributed by atoms with Crippen molar-refractivity contribution in [1.29, 1.82) is 0 Å². The van der Waals surface area contributed by atoms with Crippen LogP contribution in [0.25, 0.3) is 11.1 Å². The van der Waals surface area contributed by atoms with E-state index in [4.69, 9.17) is 4.42 Å². The molecule has 1 aliphatic rings. The number of aryl methyl sites for hydroxylation is 1. The summed E-state index contributed by atoms with van der Waals surface area (Å²) in [6, 6.07) is 8.27. The van der Waals surface area contributed by atoms with Crippen LogP contribution in [0.15, 0.2) is 28.7 Å². The van der Waals surface area contributed by atoms with Gasteiger partial charge < -0.3 is 14.3 Å². The molecule has 6 nitrogen and oxygen atoms in total. The van der Waals surface area contributed by atoms with E-state index >= 15 is 0 Å². The maximum Gasteiger partial charge on any atom is 0.296 e. The smallest absolute Gasteiger partial charge is 0.296 e. The van der Waals surface area contributed by atoms with Crippen LogP contribution in [0.5, 0.6) is 0 Å². The summed E-state index contributed by atoms with van der Waals surface area (Å²) in [5, 5.41) is 11.8. The molecule has 0 saturated carbocycles. The minimum atomic E-state index is 0.0161. The average molecular weight is 269 g/mol. The standard InChI is InChI=1S/C14H15N5O/c1-9(13-18-17-12-7-4-8-19(12)13)15-14-16-10-5-2-3-6-11(10)20-14/h2-3,5-6,9H,4,7-8H2,1H3,(H,15,16). The average Bonchev–Trinajstić information content (AvgIpc) is 3.12. The highest BCUT2D eigenvalue weighted by molar-refractivity contribution is 5.74. The van der Waals surface area contributed by atoms with Crippen molar-refractivity contribution in [3.05, 3.63) is 35.9 Å². The first kappa shape index (κ1) is 11.5. The Morgan fingerprint density at radius 2 is 2.20 bits per heavy atom. The van der Waals surface area contributed by atoms with E-state index in [1.807, 2.05) is 31.2 Å². The van der Waals surface area contributed by atoms with E-state index in [1.54, 1.807) is 0 Å². The molecule has 0 radical (unpaired) electrons. The normalized spacial score (nSPS) is 15.4. The van der Waals surface area contributed by atoms with Crippen molar-refractivity contribution in [3.8, 4) is 0 Å². The van der Waals surface area contributed by atoms with Crippen LogP contribution in [0.3, 0.4) is 0 Å². The zero-order valence-electron chi connectivity index (χ0n) is 11.2. The lowest BCUT2D eigenvalue weighted by atomic mass is 10.3. The van der Waals surface area contributed by atoms with Gasteiger partial charge in [-0.1, -0.05) is 12.1 Å². The molecule has 102 valence electrons. The monoisotopic (exact) mass is 269 g/mol. The molecule has 0 spiro atoms. The fourth-order valence-corrected chi connectivity index (χ4v) is 2.68. The lowest BCUT2D eigenvalue weighted by Crippen LogP contribution is -2.13. The predicted molar refractivity (Wildman–Crippen MR) is 74.4 cm³/mol. The van der Waals surface area contributed by atoms with E-state index in [9.17, 15) is 0 Å². The third-order valence-corrected chi connectivity index (χ3v) is 3.66. The summed E-state index contributed by atoms with van der Waals surface area (Å²) in [7, 11) is 0. The van der Waals surface area contributed by atoms with Gasteiger partial charge in [0.05, 0.1) is 6.04 Å². The number of hydrogen-bond acceptors (Lipinski definition) is 5. The molecular formula is C14H15N5O. The fourth-order valence-electron chi connectivity index (χ4n) is 2.68. The molecular weight excluding hydrogens is 254 g/mol. The Morgan fingerprint density at radius 3 is 3.10 bits per heavy atom. The van der Waals surface area contributed by atoms with E-state index < -0.39 is 0 Å². The number of hydrogen-bond donors (Lipinski definition) is 1. The maximum atomic E-state index is 5.68. The molecule has 20 heavy (non-hydrogen) atoms. The molecule has 4 rings (SSSR count). The third-order valence-electron chi connectivity index (χ3n) is 3.66. The second-order valence-corrected chi connectivity index (χ2v) is 5.08. The summed E-state index contributed by atoms with van der Waals surface area (Å²) in [5.74, 6) is 2.02. The molecule has 1 aromatic carbocycles. The molecule has 0 fully saturated rings. The van der Waals surface area contributed by atoms with E-state index in [1.165, 1.54) is 0 Å². The molecule has 0 amide bonds. The second kappa shape index (κ2) is 4.33. The van der Waals surface area contributed by atoms with Crippen LogP contribution in [0, 0.1) is 0 Å². The van der Waals surface area contributed by atoms with E-state index in [0.717, 1.165) is 42.1 Å². The molecule has 0 aliphatic carbocycles. The number of rotatable bonds is 3. The molecule has 6 heteroatoms. The van der Waals surface area contributed by atoms with Crippen LogP contribution in [0.4, 0.5) is 6.01 Å². The molecule has 3 aromatic rings. The van der Waals surface area contributed by atoms with Crippen LogP contribution < -0.4 is 5.32 Å². The Morgan fingerprint density at radius 1 is 1.30 bits per heavy atom. The van der Waals surface area contributed by atoms with Gasteiger partial charge in [0.2, 0.25) is 0 Å². The first-order chi connectivity index (χ1) is 9.81. The van der Waals surface area contributed by atoms with Crippen LogP contribution in [-0.2, 0) is 13.0 Å². The van der Waals surface area contributed by atoms with Gasteiger partial charge in [0.15, 0.2) is 11.4 Å². The van der Waals surface area contributed by atoms with E-state index in [2.05, 4.69) is 25.1 Å². The highest BCUT2D eigenvalue weighted by Gasteiger charge is 2.22. The maximum absolute atomic E-state index is 5.68. The topological polar surface area (TPSA) is 68.8 Å². The van der Waals surface area contributed by atoms with Crippen molar-refractivity contribution < 1.29 is 4.42 Å². The molecule has 1 N–H and O–H groups in total. The molecule has 1 atom stereocenters. The minimum absolute atomic E-state index is 0.0161. The Kier molecular flexibility index (Phi) is 2.48. The summed E-state index contributed by atoms with van der Waals surface area (Å²) >= 11 is 0. The SMILES string of the molecule is CC(Nc1nc2ccccc2o1)c1nnc2n1CCC2. The quantitative estimate of drug-likeness (QED) is 0.791. The van der Waals surface area contributed by atoms with Gasteiger partial charge in [0, 0.05) is 13.0 Å². The lowest BCUT2D eigenvalue weighted by molar-refractivity contribution is 0.586. The fraction of sp³-hybridized carbons (Fsp3) is 0.357. The van der Waals surface area contributed by atoms with Crippen molar-refractivity contribution in [2.45, 2.75) is 32.4 Å². The summed E-state index contributed by atoms with van der Waals surface area (Å²) in [6.45, 7) is 3.04. The number of anilines is 1. The number of aromatic nitrogens is 4. The van der Waals surface area contributed by atoms with Gasteiger partial charge in [-0.25, -0.2) is 0 Å². The lowest BCUT2D eigenvalue weighted by Gasteiger charge is -2.11. The largest absolute Gasteiger partial charge is 0.424 e.